The van der Waals surface area contributed by atoms with Crippen molar-refractivity contribution in [1.82, 2.24) is 0 Å². The second-order valence-corrected chi connectivity index (χ2v) is 2.98. The maximum Gasteiger partial charge on any atom is 0.0662 e. The van der Waals surface area contributed by atoms with Gasteiger partial charge in [0.25, 0.3) is 0 Å². The largest absolute Gasteiger partial charge is 0.392 e. The summed E-state index contributed by atoms with van der Waals surface area (Å²) in [5, 5.41) is 8.83. The lowest BCUT2D eigenvalue weighted by Gasteiger charge is -2.07. The van der Waals surface area contributed by atoms with Crippen molar-refractivity contribution in [1.29, 1.82) is 0 Å². The van der Waals surface area contributed by atoms with E-state index in [9.17, 15) is 0 Å². The van der Waals surface area contributed by atoms with Crippen molar-refractivity contribution in [2.45, 2.75) is 24.3 Å². The van der Waals surface area contributed by atoms with E-state index in [0.717, 1.165) is 0 Å². The maximum absolute atomic E-state index is 8.83. The molecule has 2 unspecified atom stereocenters. The molecule has 0 bridgehead atoms. The molecule has 2 atom stereocenters. The Labute approximate surface area is 52.9 Å². The molecule has 0 saturated heterocycles. The molecule has 0 rings (SSSR count). The number of hydrogen-bond acceptors (Lipinski definition) is 1. The Morgan fingerprint density at radius 1 is 1.86 bits per heavy atom. The molecule has 0 aromatic rings. The van der Waals surface area contributed by atoms with Crippen LogP contribution in [0.5, 0.6) is 0 Å². The SMILES string of the molecule is [CH2]CC(O)C(C)Br. The lowest BCUT2D eigenvalue weighted by Crippen LogP contribution is -2.14. The van der Waals surface area contributed by atoms with Crippen LogP contribution in [-0.2, 0) is 0 Å². The van der Waals surface area contributed by atoms with E-state index in [-0.39, 0.29) is 10.9 Å². The average molecular weight is 166 g/mol. The molecule has 0 aliphatic rings. The fourth-order valence-electron chi connectivity index (χ4n) is 0.230. The van der Waals surface area contributed by atoms with Crippen LogP contribution in [0.4, 0.5) is 0 Å². The summed E-state index contributed by atoms with van der Waals surface area (Å²) in [5.74, 6) is 0. The third kappa shape index (κ3) is 3.06. The van der Waals surface area contributed by atoms with Gasteiger partial charge in [0.1, 0.15) is 0 Å². The van der Waals surface area contributed by atoms with Crippen LogP contribution in [0.1, 0.15) is 13.3 Å². The highest BCUT2D eigenvalue weighted by atomic mass is 79.9. The summed E-state index contributed by atoms with van der Waals surface area (Å²) in [7, 11) is 0. The van der Waals surface area contributed by atoms with E-state index in [1.807, 2.05) is 6.92 Å². The standard InChI is InChI=1S/C5H10BrO/c1-3-5(7)4(2)6/h4-5,7H,1,3H2,2H3. The predicted octanol–water partition coefficient (Wildman–Crippen LogP) is 1.35. The normalized spacial score (nSPS) is 18.9. The van der Waals surface area contributed by atoms with Gasteiger partial charge < -0.3 is 5.11 Å². The quantitative estimate of drug-likeness (QED) is 0.614. The Bertz CT molecular complexity index is 45.3. The summed E-state index contributed by atoms with van der Waals surface area (Å²) < 4.78 is 0. The first kappa shape index (κ1) is 7.44. The van der Waals surface area contributed by atoms with Crippen LogP contribution in [0.15, 0.2) is 0 Å². The lowest BCUT2D eigenvalue weighted by atomic mass is 10.2. The first-order chi connectivity index (χ1) is 3.18. The van der Waals surface area contributed by atoms with E-state index < -0.39 is 0 Å². The number of aliphatic hydroxyl groups excluding tert-OH is 1. The molecule has 1 nitrogen and oxygen atoms in total. The van der Waals surface area contributed by atoms with Crippen LogP contribution in [0, 0.1) is 6.92 Å². The topological polar surface area (TPSA) is 20.2 Å². The van der Waals surface area contributed by atoms with Gasteiger partial charge in [-0.25, -0.2) is 0 Å². The Hall–Kier alpha value is 0.440. The fourth-order valence-corrected chi connectivity index (χ4v) is 0.494. The smallest absolute Gasteiger partial charge is 0.0662 e. The van der Waals surface area contributed by atoms with Crippen LogP contribution in [-0.4, -0.2) is 16.0 Å². The molecular formula is C5H10BrO. The number of rotatable bonds is 2. The first-order valence-corrected chi connectivity index (χ1v) is 3.21. The summed E-state index contributed by atoms with van der Waals surface area (Å²) in [4.78, 5) is 0.171. The van der Waals surface area contributed by atoms with E-state index in [2.05, 4.69) is 22.9 Å². The summed E-state index contributed by atoms with van der Waals surface area (Å²) >= 11 is 3.21. The molecule has 0 aromatic carbocycles. The molecule has 1 radical (unpaired) electrons. The maximum atomic E-state index is 8.83. The second kappa shape index (κ2) is 3.44. The molecule has 0 amide bonds. The number of aliphatic hydroxyl groups is 1. The van der Waals surface area contributed by atoms with Gasteiger partial charge in [-0.3, -0.25) is 0 Å². The van der Waals surface area contributed by atoms with Gasteiger partial charge in [0.2, 0.25) is 0 Å². The molecule has 0 saturated carbocycles. The second-order valence-electron chi connectivity index (χ2n) is 1.53. The number of alkyl halides is 1. The van der Waals surface area contributed by atoms with E-state index >= 15 is 0 Å². The molecule has 0 spiro atoms. The van der Waals surface area contributed by atoms with Gasteiger partial charge in [0.15, 0.2) is 0 Å². The van der Waals surface area contributed by atoms with Crippen molar-refractivity contribution in [2.24, 2.45) is 0 Å². The Morgan fingerprint density at radius 2 is 2.29 bits per heavy atom. The average Bonchev–Trinajstić information content (AvgIpc) is 1.65. The van der Waals surface area contributed by atoms with E-state index in [1.165, 1.54) is 0 Å². The fraction of sp³-hybridized carbons (Fsp3) is 0.800. The van der Waals surface area contributed by atoms with E-state index in [0.29, 0.717) is 6.42 Å². The van der Waals surface area contributed by atoms with Gasteiger partial charge in [-0.05, 0) is 6.42 Å². The zero-order valence-electron chi connectivity index (χ0n) is 4.39. The molecule has 0 aliphatic heterocycles. The van der Waals surface area contributed by atoms with E-state index in [1.54, 1.807) is 0 Å². The molecule has 0 aromatic heterocycles. The van der Waals surface area contributed by atoms with Gasteiger partial charge in [-0.15, -0.1) is 0 Å². The third-order valence-electron chi connectivity index (χ3n) is 0.826. The highest BCUT2D eigenvalue weighted by molar-refractivity contribution is 9.09. The molecule has 2 heteroatoms. The van der Waals surface area contributed by atoms with Crippen molar-refractivity contribution in [3.63, 3.8) is 0 Å². The molecule has 43 valence electrons. The van der Waals surface area contributed by atoms with Crippen LogP contribution < -0.4 is 0 Å². The lowest BCUT2D eigenvalue weighted by molar-refractivity contribution is 0.180. The molecule has 0 heterocycles. The summed E-state index contributed by atoms with van der Waals surface area (Å²) in [6.45, 7) is 5.43. The minimum Gasteiger partial charge on any atom is -0.392 e. The molecule has 0 aliphatic carbocycles. The van der Waals surface area contributed by atoms with Crippen molar-refractivity contribution < 1.29 is 5.11 Å². The molecule has 1 N–H and O–H groups in total. The zero-order valence-corrected chi connectivity index (χ0v) is 5.98. The van der Waals surface area contributed by atoms with Gasteiger partial charge in [0.05, 0.1) is 6.10 Å². The monoisotopic (exact) mass is 165 g/mol. The van der Waals surface area contributed by atoms with Crippen LogP contribution in [0.25, 0.3) is 0 Å². The Kier molecular flexibility index (Phi) is 3.66. The van der Waals surface area contributed by atoms with E-state index in [4.69, 9.17) is 5.11 Å². The van der Waals surface area contributed by atoms with Gasteiger partial charge in [0, 0.05) is 4.83 Å². The van der Waals surface area contributed by atoms with Crippen LogP contribution >= 0.6 is 15.9 Å². The number of halogens is 1. The predicted molar refractivity (Wildman–Crippen MR) is 34.4 cm³/mol. The molecule has 0 fully saturated rings. The molecular weight excluding hydrogens is 156 g/mol. The van der Waals surface area contributed by atoms with Crippen molar-refractivity contribution >= 4 is 15.9 Å². The van der Waals surface area contributed by atoms with Crippen molar-refractivity contribution in [3.8, 4) is 0 Å². The van der Waals surface area contributed by atoms with Crippen molar-refractivity contribution in [2.75, 3.05) is 0 Å². The third-order valence-corrected chi connectivity index (χ3v) is 1.44. The summed E-state index contributed by atoms with van der Waals surface area (Å²) in [5.41, 5.74) is 0. The Morgan fingerprint density at radius 3 is 2.29 bits per heavy atom. The van der Waals surface area contributed by atoms with Gasteiger partial charge in [-0.1, -0.05) is 29.8 Å². The highest BCUT2D eigenvalue weighted by Crippen LogP contribution is 2.05. The Balaban J connectivity index is 3.14. The van der Waals surface area contributed by atoms with Gasteiger partial charge in [-0.2, -0.15) is 0 Å². The van der Waals surface area contributed by atoms with Crippen LogP contribution in [0.3, 0.4) is 0 Å². The minimum atomic E-state index is -0.292. The summed E-state index contributed by atoms with van der Waals surface area (Å²) in [6, 6.07) is 0. The zero-order chi connectivity index (χ0) is 5.86. The number of hydrogen-bond donors (Lipinski definition) is 1. The van der Waals surface area contributed by atoms with Gasteiger partial charge >= 0.3 is 0 Å². The summed E-state index contributed by atoms with van der Waals surface area (Å²) in [6.07, 6.45) is 0.284. The first-order valence-electron chi connectivity index (χ1n) is 2.30. The highest BCUT2D eigenvalue weighted by Gasteiger charge is 2.05. The van der Waals surface area contributed by atoms with Crippen LogP contribution in [0.2, 0.25) is 0 Å². The van der Waals surface area contributed by atoms with Crippen molar-refractivity contribution in [3.05, 3.63) is 6.92 Å². The molecule has 7 heavy (non-hydrogen) atoms. The minimum absolute atomic E-state index is 0.171.